The van der Waals surface area contributed by atoms with Crippen molar-refractivity contribution in [1.82, 2.24) is 10.6 Å². The third-order valence-corrected chi connectivity index (χ3v) is 12.2. The summed E-state index contributed by atoms with van der Waals surface area (Å²) in [6.07, 6.45) is 16.9. The highest BCUT2D eigenvalue weighted by Crippen LogP contribution is 2.69. The lowest BCUT2D eigenvalue weighted by Gasteiger charge is -2.66. The van der Waals surface area contributed by atoms with Crippen molar-refractivity contribution in [1.29, 1.82) is 0 Å². The van der Waals surface area contributed by atoms with E-state index in [-0.39, 0.29) is 23.0 Å². The van der Waals surface area contributed by atoms with Gasteiger partial charge in [-0.05, 0) is 110 Å². The molecule has 5 heteroatoms. The molecule has 0 aromatic carbocycles. The summed E-state index contributed by atoms with van der Waals surface area (Å²) in [5.41, 5.74) is 1.61. The highest BCUT2D eigenvalue weighted by molar-refractivity contribution is 7.80. The van der Waals surface area contributed by atoms with Gasteiger partial charge in [0.15, 0.2) is 5.11 Å². The quantitative estimate of drug-likeness (QED) is 0.219. The molecule has 0 radical (unpaired) electrons. The molecule has 5 rings (SSSR count). The fourth-order valence-corrected chi connectivity index (χ4v) is 10.3. The molecule has 0 amide bonds. The summed E-state index contributed by atoms with van der Waals surface area (Å²) in [5, 5.41) is 8.12. The Morgan fingerprint density at radius 3 is 2.57 bits per heavy atom. The summed E-state index contributed by atoms with van der Waals surface area (Å²) in [6, 6.07) is 0. The van der Waals surface area contributed by atoms with Crippen molar-refractivity contribution in [2.24, 2.45) is 52.3 Å². The summed E-state index contributed by atoms with van der Waals surface area (Å²) in [7, 11) is 0. The Bertz CT molecular complexity index is 989. The van der Waals surface area contributed by atoms with Crippen LogP contribution in [0.4, 0.5) is 0 Å². The first kappa shape index (κ1) is 27.2. The van der Waals surface area contributed by atoms with E-state index in [4.69, 9.17) is 17.0 Å². The van der Waals surface area contributed by atoms with Gasteiger partial charge in [0, 0.05) is 25.0 Å². The largest absolute Gasteiger partial charge is 0.462 e. The fraction of sp³-hybridized carbons (Fsp3) is 0.812. The van der Waals surface area contributed by atoms with Crippen LogP contribution in [-0.4, -0.2) is 22.7 Å². The lowest BCUT2D eigenvalue weighted by molar-refractivity contribution is -0.156. The van der Waals surface area contributed by atoms with Gasteiger partial charge in [0.1, 0.15) is 6.10 Å². The molecule has 0 aromatic heterocycles. The SMILES string of the molecule is CC[C@H](/C=C/[C@@H](C)[C@H]1CC[C@H]2[C@@H]3C4=C[C@]5(C[C@@H](OC(C)=O)CC[C@]5(C)[C@H]3CC[C@]12C)NC(=S)N4)C(C)C. The van der Waals surface area contributed by atoms with Gasteiger partial charge in [-0.1, -0.05) is 53.7 Å². The Balaban J connectivity index is 1.45. The van der Waals surface area contributed by atoms with Crippen molar-refractivity contribution in [3.05, 3.63) is 23.9 Å². The number of thiocarbonyl (C=S) groups is 1. The van der Waals surface area contributed by atoms with Crippen molar-refractivity contribution in [3.8, 4) is 0 Å². The molecule has 0 aromatic rings. The van der Waals surface area contributed by atoms with E-state index in [1.165, 1.54) is 44.7 Å². The summed E-state index contributed by atoms with van der Waals surface area (Å²) in [4.78, 5) is 11.8. The lowest BCUT2D eigenvalue weighted by Crippen LogP contribution is -2.73. The topological polar surface area (TPSA) is 50.4 Å². The van der Waals surface area contributed by atoms with E-state index in [0.717, 1.165) is 30.3 Å². The minimum atomic E-state index is -0.224. The second-order valence-corrected chi connectivity index (χ2v) is 14.5. The third kappa shape index (κ3) is 4.30. The number of ether oxygens (including phenoxy) is 1. The summed E-state index contributed by atoms with van der Waals surface area (Å²) < 4.78 is 5.75. The number of hydrogen-bond donors (Lipinski definition) is 2. The molecular formula is C32H50N2O2S. The average molecular weight is 527 g/mol. The molecule has 4 aliphatic carbocycles. The minimum absolute atomic E-state index is 0.0387. The summed E-state index contributed by atoms with van der Waals surface area (Å²) >= 11 is 5.82. The van der Waals surface area contributed by atoms with Crippen LogP contribution >= 0.6 is 12.2 Å². The third-order valence-electron chi connectivity index (χ3n) is 12.0. The monoisotopic (exact) mass is 526 g/mol. The molecule has 3 saturated carbocycles. The molecule has 37 heavy (non-hydrogen) atoms. The van der Waals surface area contributed by atoms with E-state index in [9.17, 15) is 4.79 Å². The van der Waals surface area contributed by atoms with Crippen molar-refractivity contribution in [3.63, 3.8) is 0 Å². The standard InChI is InChI=1S/C32H50N2O2S/c1-8-22(19(2)3)10-9-20(4)24-11-12-25-28-26(14-15-30(24,25)6)31(7)16-13-23(36-21(5)35)17-32(31)18-27(28)33-29(37)34-32/h9-10,18-20,22-26,28H,8,11-17H2,1-7H3,(H2,33,34,37)/b10-9+/t20-,22-,23+,24-,25+,26+,28+,30-,31-,32+/m1/s1. The van der Waals surface area contributed by atoms with E-state index >= 15 is 0 Å². The number of allylic oxidation sites excluding steroid dienone is 3. The highest BCUT2D eigenvalue weighted by Gasteiger charge is 2.66. The zero-order valence-electron chi connectivity index (χ0n) is 24.2. The van der Waals surface area contributed by atoms with Gasteiger partial charge in [0.2, 0.25) is 0 Å². The maximum Gasteiger partial charge on any atom is 0.302 e. The number of carbonyl (C=O) groups is 1. The predicted molar refractivity (Wildman–Crippen MR) is 155 cm³/mol. The van der Waals surface area contributed by atoms with Gasteiger partial charge < -0.3 is 15.4 Å². The van der Waals surface area contributed by atoms with Crippen LogP contribution in [0.25, 0.3) is 0 Å². The molecule has 3 fully saturated rings. The number of nitrogens with one attached hydrogen (secondary N) is 2. The average Bonchev–Trinajstić information content (AvgIpc) is 3.17. The van der Waals surface area contributed by atoms with Crippen LogP contribution in [0.3, 0.4) is 0 Å². The number of rotatable bonds is 6. The second-order valence-electron chi connectivity index (χ2n) is 14.1. The van der Waals surface area contributed by atoms with Gasteiger partial charge in [-0.25, -0.2) is 0 Å². The zero-order chi connectivity index (χ0) is 26.8. The molecule has 0 unspecified atom stereocenters. The second kappa shape index (κ2) is 9.68. The molecule has 5 aliphatic rings. The molecule has 2 N–H and O–H groups in total. The van der Waals surface area contributed by atoms with Crippen LogP contribution in [0, 0.1) is 52.3 Å². The van der Waals surface area contributed by atoms with Crippen molar-refractivity contribution >= 4 is 23.3 Å². The van der Waals surface area contributed by atoms with Crippen LogP contribution in [0.1, 0.15) is 99.8 Å². The van der Waals surface area contributed by atoms with E-state index in [2.05, 4.69) is 70.4 Å². The van der Waals surface area contributed by atoms with Crippen LogP contribution in [0.2, 0.25) is 0 Å². The van der Waals surface area contributed by atoms with Crippen LogP contribution in [0.15, 0.2) is 23.9 Å². The maximum atomic E-state index is 11.8. The first-order valence-corrected chi connectivity index (χ1v) is 15.5. The fourth-order valence-electron chi connectivity index (χ4n) is 10.0. The number of esters is 1. The molecule has 0 saturated heterocycles. The first-order chi connectivity index (χ1) is 17.4. The van der Waals surface area contributed by atoms with E-state index in [1.54, 1.807) is 0 Å². The Morgan fingerprint density at radius 2 is 1.89 bits per heavy atom. The number of hydrogen-bond acceptors (Lipinski definition) is 3. The van der Waals surface area contributed by atoms with Gasteiger partial charge in [-0.15, -0.1) is 0 Å². The first-order valence-electron chi connectivity index (χ1n) is 15.1. The zero-order valence-corrected chi connectivity index (χ0v) is 25.0. The van der Waals surface area contributed by atoms with E-state index in [1.807, 2.05) is 0 Å². The van der Waals surface area contributed by atoms with Gasteiger partial charge in [-0.2, -0.15) is 0 Å². The Kier molecular flexibility index (Phi) is 7.12. The molecule has 4 nitrogen and oxygen atoms in total. The highest BCUT2D eigenvalue weighted by atomic mass is 32.1. The lowest BCUT2D eigenvalue weighted by atomic mass is 9.43. The molecule has 1 heterocycles. The normalized spacial score (nSPS) is 44.2. The van der Waals surface area contributed by atoms with Gasteiger partial charge in [-0.3, -0.25) is 4.79 Å². The van der Waals surface area contributed by atoms with Gasteiger partial charge in [0.25, 0.3) is 0 Å². The van der Waals surface area contributed by atoms with Gasteiger partial charge >= 0.3 is 5.97 Å². The van der Waals surface area contributed by atoms with E-state index in [0.29, 0.717) is 40.9 Å². The molecule has 1 aliphatic heterocycles. The molecular weight excluding hydrogens is 476 g/mol. The Morgan fingerprint density at radius 1 is 1.14 bits per heavy atom. The molecule has 1 spiro atoms. The van der Waals surface area contributed by atoms with Crippen molar-refractivity contribution in [2.45, 2.75) is 111 Å². The molecule has 10 atom stereocenters. The van der Waals surface area contributed by atoms with E-state index < -0.39 is 0 Å². The Hall–Kier alpha value is -1.36. The van der Waals surface area contributed by atoms with Crippen LogP contribution in [0.5, 0.6) is 0 Å². The number of carbonyl (C=O) groups excluding carboxylic acids is 1. The number of fused-ring (bicyclic) bond motifs is 5. The summed E-state index contributed by atoms with van der Waals surface area (Å²) in [6.45, 7) is 16.2. The Labute approximate surface area is 230 Å². The van der Waals surface area contributed by atoms with Crippen molar-refractivity contribution in [2.75, 3.05) is 0 Å². The molecule has 2 bridgehead atoms. The molecule has 206 valence electrons. The smallest absolute Gasteiger partial charge is 0.302 e. The van der Waals surface area contributed by atoms with Gasteiger partial charge in [0.05, 0.1) is 5.54 Å². The predicted octanol–water partition coefficient (Wildman–Crippen LogP) is 7.16. The van der Waals surface area contributed by atoms with Crippen LogP contribution in [-0.2, 0) is 9.53 Å². The van der Waals surface area contributed by atoms with Crippen molar-refractivity contribution < 1.29 is 9.53 Å². The maximum absolute atomic E-state index is 11.8. The van der Waals surface area contributed by atoms with Crippen LogP contribution < -0.4 is 10.6 Å². The summed E-state index contributed by atoms with van der Waals surface area (Å²) in [5.74, 6) is 4.44. The minimum Gasteiger partial charge on any atom is -0.462 e.